The van der Waals surface area contributed by atoms with Crippen molar-refractivity contribution in [3.8, 4) is 5.75 Å². The number of aromatic nitrogens is 1. The predicted molar refractivity (Wildman–Crippen MR) is 73.6 cm³/mol. The van der Waals surface area contributed by atoms with E-state index in [1.165, 1.54) is 25.1 Å². The third kappa shape index (κ3) is 2.98. The van der Waals surface area contributed by atoms with Gasteiger partial charge in [-0.05, 0) is 37.8 Å². The molecule has 1 aromatic rings. The van der Waals surface area contributed by atoms with Gasteiger partial charge in [-0.25, -0.2) is 4.98 Å². The molecule has 2 bridgehead atoms. The summed E-state index contributed by atoms with van der Waals surface area (Å²) in [5.74, 6) is -0.341. The first-order valence-electron chi connectivity index (χ1n) is 6.43. The quantitative estimate of drug-likeness (QED) is 0.763. The molecule has 2 unspecified atom stereocenters. The molecule has 2 saturated heterocycles. The molecule has 0 saturated carbocycles. The van der Waals surface area contributed by atoms with Crippen LogP contribution in [-0.4, -0.2) is 34.1 Å². The second-order valence-corrected chi connectivity index (χ2v) is 5.15. The molecule has 0 aromatic carbocycles. The molecule has 3 rings (SSSR count). The van der Waals surface area contributed by atoms with Gasteiger partial charge >= 0.3 is 0 Å². The number of pyridine rings is 1. The number of carbonyl (C=O) groups is 1. The summed E-state index contributed by atoms with van der Waals surface area (Å²) < 4.78 is 0. The van der Waals surface area contributed by atoms with Crippen LogP contribution in [0.4, 0.5) is 0 Å². The van der Waals surface area contributed by atoms with E-state index in [-0.39, 0.29) is 35.8 Å². The molecule has 0 aliphatic carbocycles. The van der Waals surface area contributed by atoms with Gasteiger partial charge in [-0.2, -0.15) is 0 Å². The molecular weight excluding hydrogens is 266 g/mol. The molecule has 1 aromatic heterocycles. The number of hydrogen-bond donors (Lipinski definition) is 3. The van der Waals surface area contributed by atoms with Crippen molar-refractivity contribution in [2.75, 3.05) is 0 Å². The Morgan fingerprint density at radius 1 is 1.37 bits per heavy atom. The Kier molecular flexibility index (Phi) is 4.27. The summed E-state index contributed by atoms with van der Waals surface area (Å²) in [5.41, 5.74) is 0.114. The monoisotopic (exact) mass is 283 g/mol. The largest absolute Gasteiger partial charge is 0.505 e. The van der Waals surface area contributed by atoms with Crippen LogP contribution in [0.15, 0.2) is 18.3 Å². The fraction of sp³-hybridized carbons (Fsp3) is 0.538. The number of nitrogens with zero attached hydrogens (tertiary/aromatic N) is 1. The minimum atomic E-state index is -0.278. The standard InChI is InChI=1S/C13H17N3O2.ClH/c17-11-2-1-5-14-12(11)13(18)16-10-6-8-3-4-9(7-10)15-8;/h1-2,5,8-10,15,17H,3-4,6-7H2,(H,16,18);1H. The smallest absolute Gasteiger partial charge is 0.273 e. The molecule has 3 heterocycles. The number of rotatable bonds is 2. The van der Waals surface area contributed by atoms with Gasteiger partial charge in [0, 0.05) is 24.3 Å². The predicted octanol–water partition coefficient (Wildman–Crippen LogP) is 1.22. The lowest BCUT2D eigenvalue weighted by atomic mass is 9.99. The van der Waals surface area contributed by atoms with Crippen LogP contribution in [0.2, 0.25) is 0 Å². The zero-order chi connectivity index (χ0) is 12.5. The molecule has 0 spiro atoms. The Morgan fingerprint density at radius 3 is 2.68 bits per heavy atom. The summed E-state index contributed by atoms with van der Waals surface area (Å²) in [7, 11) is 0. The van der Waals surface area contributed by atoms with Crippen molar-refractivity contribution >= 4 is 18.3 Å². The highest BCUT2D eigenvalue weighted by molar-refractivity contribution is 5.94. The van der Waals surface area contributed by atoms with Gasteiger partial charge in [-0.1, -0.05) is 0 Å². The van der Waals surface area contributed by atoms with Crippen LogP contribution in [0.25, 0.3) is 0 Å². The molecule has 5 nitrogen and oxygen atoms in total. The highest BCUT2D eigenvalue weighted by atomic mass is 35.5. The van der Waals surface area contributed by atoms with Gasteiger partial charge in [0.15, 0.2) is 5.69 Å². The number of piperidine rings is 1. The molecule has 2 aliphatic rings. The second kappa shape index (κ2) is 5.75. The fourth-order valence-corrected chi connectivity index (χ4v) is 3.00. The average Bonchev–Trinajstić information content (AvgIpc) is 2.69. The van der Waals surface area contributed by atoms with E-state index in [9.17, 15) is 9.90 Å². The van der Waals surface area contributed by atoms with Crippen molar-refractivity contribution in [2.45, 2.75) is 43.8 Å². The third-order valence-corrected chi connectivity index (χ3v) is 3.81. The number of hydrogen-bond acceptors (Lipinski definition) is 4. The summed E-state index contributed by atoms with van der Waals surface area (Å²) in [6, 6.07) is 4.35. The highest BCUT2D eigenvalue weighted by Crippen LogP contribution is 2.27. The normalized spacial score (nSPS) is 28.5. The Bertz CT molecular complexity index is 457. The van der Waals surface area contributed by atoms with E-state index in [4.69, 9.17) is 0 Å². The van der Waals surface area contributed by atoms with Crippen LogP contribution in [0.5, 0.6) is 5.75 Å². The van der Waals surface area contributed by atoms with Crippen LogP contribution in [0.1, 0.15) is 36.2 Å². The van der Waals surface area contributed by atoms with Gasteiger partial charge in [0.05, 0.1) is 0 Å². The van der Waals surface area contributed by atoms with Crippen molar-refractivity contribution < 1.29 is 9.90 Å². The molecular formula is C13H18ClN3O2. The zero-order valence-electron chi connectivity index (χ0n) is 10.5. The average molecular weight is 284 g/mol. The molecule has 19 heavy (non-hydrogen) atoms. The molecule has 2 fully saturated rings. The number of amides is 1. The Hall–Kier alpha value is -1.33. The summed E-state index contributed by atoms with van der Waals surface area (Å²) >= 11 is 0. The van der Waals surface area contributed by atoms with Gasteiger partial charge < -0.3 is 15.7 Å². The lowest BCUT2D eigenvalue weighted by Crippen LogP contribution is -2.48. The molecule has 3 N–H and O–H groups in total. The van der Waals surface area contributed by atoms with Crippen molar-refractivity contribution in [1.82, 2.24) is 15.6 Å². The number of carbonyl (C=O) groups excluding carboxylic acids is 1. The SMILES string of the molecule is Cl.O=C(NC1CC2CCC(C1)N2)c1ncccc1O. The highest BCUT2D eigenvalue weighted by Gasteiger charge is 2.34. The third-order valence-electron chi connectivity index (χ3n) is 3.81. The first-order valence-corrected chi connectivity index (χ1v) is 6.43. The van der Waals surface area contributed by atoms with Crippen molar-refractivity contribution in [2.24, 2.45) is 0 Å². The number of aromatic hydroxyl groups is 1. The molecule has 0 radical (unpaired) electrons. The van der Waals surface area contributed by atoms with Gasteiger partial charge in [0.1, 0.15) is 5.75 Å². The lowest BCUT2D eigenvalue weighted by molar-refractivity contribution is 0.0916. The number of nitrogens with one attached hydrogen (secondary N) is 2. The second-order valence-electron chi connectivity index (χ2n) is 5.15. The van der Waals surface area contributed by atoms with Gasteiger partial charge in [0.25, 0.3) is 5.91 Å². The topological polar surface area (TPSA) is 74.2 Å². The van der Waals surface area contributed by atoms with E-state index in [0.717, 1.165) is 12.8 Å². The van der Waals surface area contributed by atoms with E-state index in [2.05, 4.69) is 15.6 Å². The van der Waals surface area contributed by atoms with Crippen LogP contribution < -0.4 is 10.6 Å². The minimum absolute atomic E-state index is 0. The molecule has 2 atom stereocenters. The molecule has 6 heteroatoms. The summed E-state index contributed by atoms with van der Waals surface area (Å²) in [4.78, 5) is 15.9. The van der Waals surface area contributed by atoms with E-state index >= 15 is 0 Å². The van der Waals surface area contributed by atoms with Crippen molar-refractivity contribution in [3.05, 3.63) is 24.0 Å². The summed E-state index contributed by atoms with van der Waals surface area (Å²) in [5, 5.41) is 16.1. The van der Waals surface area contributed by atoms with Gasteiger partial charge in [0.2, 0.25) is 0 Å². The van der Waals surface area contributed by atoms with Crippen LogP contribution in [0, 0.1) is 0 Å². The summed E-state index contributed by atoms with van der Waals surface area (Å²) in [6.07, 6.45) is 5.85. The fourth-order valence-electron chi connectivity index (χ4n) is 3.00. The summed E-state index contributed by atoms with van der Waals surface area (Å²) in [6.45, 7) is 0. The van der Waals surface area contributed by atoms with Crippen molar-refractivity contribution in [1.29, 1.82) is 0 Å². The Morgan fingerprint density at radius 2 is 2.05 bits per heavy atom. The van der Waals surface area contributed by atoms with E-state index in [1.54, 1.807) is 6.07 Å². The van der Waals surface area contributed by atoms with E-state index in [0.29, 0.717) is 12.1 Å². The minimum Gasteiger partial charge on any atom is -0.505 e. The van der Waals surface area contributed by atoms with Crippen LogP contribution in [-0.2, 0) is 0 Å². The Labute approximate surface area is 118 Å². The molecule has 1 amide bonds. The Balaban J connectivity index is 0.00000133. The van der Waals surface area contributed by atoms with Crippen LogP contribution >= 0.6 is 12.4 Å². The maximum atomic E-state index is 12.0. The lowest BCUT2D eigenvalue weighted by Gasteiger charge is -2.29. The van der Waals surface area contributed by atoms with Crippen molar-refractivity contribution in [3.63, 3.8) is 0 Å². The number of halogens is 1. The maximum Gasteiger partial charge on any atom is 0.273 e. The van der Waals surface area contributed by atoms with Crippen LogP contribution in [0.3, 0.4) is 0 Å². The zero-order valence-corrected chi connectivity index (χ0v) is 11.3. The molecule has 2 aliphatic heterocycles. The first kappa shape index (κ1) is 14.1. The van der Waals surface area contributed by atoms with E-state index < -0.39 is 0 Å². The number of fused-ring (bicyclic) bond motifs is 2. The molecule has 104 valence electrons. The first-order chi connectivity index (χ1) is 8.72. The van der Waals surface area contributed by atoms with E-state index in [1.807, 2.05) is 0 Å². The van der Waals surface area contributed by atoms with Gasteiger partial charge in [-0.15, -0.1) is 12.4 Å². The maximum absolute atomic E-state index is 12.0. The van der Waals surface area contributed by atoms with Gasteiger partial charge in [-0.3, -0.25) is 4.79 Å².